The Morgan fingerprint density at radius 3 is 2.92 bits per heavy atom. The second kappa shape index (κ2) is 5.18. The molecule has 0 aromatic rings. The largest absolute Gasteiger partial charge is 0.320 e. The van der Waals surface area contributed by atoms with E-state index in [4.69, 9.17) is 5.73 Å². The lowest BCUT2D eigenvalue weighted by Crippen LogP contribution is -2.35. The first-order chi connectivity index (χ1) is 5.84. The third-order valence-electron chi connectivity index (χ3n) is 2.49. The molecule has 1 fully saturated rings. The smallest absolute Gasteiger partial charge is 0.0551 e. The Morgan fingerprint density at radius 1 is 1.42 bits per heavy atom. The fraction of sp³-hybridized carbons (Fsp3) is 0.800. The Labute approximate surface area is 75.1 Å². The van der Waals surface area contributed by atoms with Crippen molar-refractivity contribution in [2.24, 2.45) is 5.73 Å². The van der Waals surface area contributed by atoms with Crippen LogP contribution in [0.1, 0.15) is 25.7 Å². The number of nitrogens with two attached hydrogens (primary N) is 1. The van der Waals surface area contributed by atoms with E-state index in [-0.39, 0.29) is 0 Å². The zero-order valence-corrected chi connectivity index (χ0v) is 7.84. The van der Waals surface area contributed by atoms with Gasteiger partial charge in [0.1, 0.15) is 0 Å². The van der Waals surface area contributed by atoms with Crippen LogP contribution in [0.5, 0.6) is 0 Å². The Balaban J connectivity index is 2.29. The molecule has 1 heterocycles. The van der Waals surface area contributed by atoms with Gasteiger partial charge in [-0.25, -0.2) is 0 Å². The summed E-state index contributed by atoms with van der Waals surface area (Å²) in [5.74, 6) is 6.04. The molecule has 2 N–H and O–H groups in total. The molecular formula is C10H18N2. The molecule has 0 spiro atoms. The summed E-state index contributed by atoms with van der Waals surface area (Å²) in [6.45, 7) is 1.73. The summed E-state index contributed by atoms with van der Waals surface area (Å²) in [5.41, 5.74) is 5.29. The molecule has 0 aromatic heterocycles. The number of likely N-dealkylation sites (tertiary alicyclic amines) is 1. The quantitative estimate of drug-likeness (QED) is 0.584. The predicted molar refractivity (Wildman–Crippen MR) is 51.7 cm³/mol. The molecule has 12 heavy (non-hydrogen) atoms. The van der Waals surface area contributed by atoms with Crippen LogP contribution >= 0.6 is 0 Å². The molecule has 1 aliphatic heterocycles. The summed E-state index contributed by atoms with van der Waals surface area (Å²) in [6, 6.07) is 0.679. The first kappa shape index (κ1) is 9.57. The molecule has 0 aliphatic carbocycles. The van der Waals surface area contributed by atoms with Crippen LogP contribution in [-0.4, -0.2) is 31.1 Å². The van der Waals surface area contributed by atoms with E-state index in [1.165, 1.54) is 25.8 Å². The van der Waals surface area contributed by atoms with Crippen LogP contribution < -0.4 is 5.73 Å². The molecule has 1 rings (SSSR count). The van der Waals surface area contributed by atoms with Crippen molar-refractivity contribution in [3.8, 4) is 11.8 Å². The van der Waals surface area contributed by atoms with Gasteiger partial charge in [-0.15, -0.1) is 5.92 Å². The number of hydrogen-bond acceptors (Lipinski definition) is 2. The van der Waals surface area contributed by atoms with E-state index in [1.54, 1.807) is 0 Å². The van der Waals surface area contributed by atoms with Crippen molar-refractivity contribution in [2.45, 2.75) is 31.7 Å². The highest BCUT2D eigenvalue weighted by Crippen LogP contribution is 2.16. The van der Waals surface area contributed by atoms with Gasteiger partial charge in [0.15, 0.2) is 0 Å². The van der Waals surface area contributed by atoms with Crippen molar-refractivity contribution in [1.29, 1.82) is 0 Å². The molecular weight excluding hydrogens is 148 g/mol. The highest BCUT2D eigenvalue weighted by Gasteiger charge is 2.16. The van der Waals surface area contributed by atoms with Crippen LogP contribution in [0.4, 0.5) is 0 Å². The molecule has 68 valence electrons. The maximum absolute atomic E-state index is 5.29. The van der Waals surface area contributed by atoms with Crippen LogP contribution in [-0.2, 0) is 0 Å². The van der Waals surface area contributed by atoms with Crippen molar-refractivity contribution in [3.63, 3.8) is 0 Å². The fourth-order valence-corrected chi connectivity index (χ4v) is 1.66. The number of hydrogen-bond donors (Lipinski definition) is 1. The summed E-state index contributed by atoms with van der Waals surface area (Å²) in [7, 11) is 2.19. The molecule has 1 aliphatic rings. The topological polar surface area (TPSA) is 29.3 Å². The maximum atomic E-state index is 5.29. The van der Waals surface area contributed by atoms with Crippen LogP contribution in [0.3, 0.4) is 0 Å². The zero-order valence-electron chi connectivity index (χ0n) is 7.84. The lowest BCUT2D eigenvalue weighted by molar-refractivity contribution is 0.189. The monoisotopic (exact) mass is 166 g/mol. The third-order valence-corrected chi connectivity index (χ3v) is 2.49. The molecule has 0 radical (unpaired) electrons. The van der Waals surface area contributed by atoms with Crippen LogP contribution in [0.15, 0.2) is 0 Å². The second-order valence-corrected chi connectivity index (χ2v) is 3.39. The van der Waals surface area contributed by atoms with Crippen LogP contribution in [0.25, 0.3) is 0 Å². The van der Waals surface area contributed by atoms with E-state index in [9.17, 15) is 0 Å². The first-order valence-corrected chi connectivity index (χ1v) is 4.70. The average molecular weight is 166 g/mol. The molecule has 0 aromatic carbocycles. The third kappa shape index (κ3) is 2.84. The van der Waals surface area contributed by atoms with Gasteiger partial charge in [-0.05, 0) is 26.4 Å². The van der Waals surface area contributed by atoms with Gasteiger partial charge >= 0.3 is 0 Å². The highest BCUT2D eigenvalue weighted by atomic mass is 15.1. The Kier molecular flexibility index (Phi) is 4.13. The summed E-state index contributed by atoms with van der Waals surface area (Å²) >= 11 is 0. The second-order valence-electron chi connectivity index (χ2n) is 3.39. The van der Waals surface area contributed by atoms with Crippen molar-refractivity contribution < 1.29 is 0 Å². The minimum absolute atomic E-state index is 0.496. The first-order valence-electron chi connectivity index (χ1n) is 4.70. The maximum Gasteiger partial charge on any atom is 0.0551 e. The molecule has 1 atom stereocenters. The number of nitrogens with zero attached hydrogens (tertiary/aromatic N) is 1. The van der Waals surface area contributed by atoms with Gasteiger partial charge in [-0.2, -0.15) is 0 Å². The van der Waals surface area contributed by atoms with Crippen LogP contribution in [0, 0.1) is 11.8 Å². The minimum Gasteiger partial charge on any atom is -0.320 e. The molecule has 2 nitrogen and oxygen atoms in total. The SMILES string of the molecule is CN1CCCCC1CC#CCN. The van der Waals surface area contributed by atoms with Gasteiger partial charge in [0.05, 0.1) is 6.54 Å². The Hall–Kier alpha value is -0.520. The van der Waals surface area contributed by atoms with Crippen molar-refractivity contribution in [3.05, 3.63) is 0 Å². The predicted octanol–water partition coefficient (Wildman–Crippen LogP) is 0.823. The molecule has 0 bridgehead atoms. The zero-order chi connectivity index (χ0) is 8.81. The van der Waals surface area contributed by atoms with Gasteiger partial charge < -0.3 is 10.6 Å². The normalized spacial score (nSPS) is 24.7. The summed E-state index contributed by atoms with van der Waals surface area (Å²) in [5, 5.41) is 0. The Morgan fingerprint density at radius 2 is 2.25 bits per heavy atom. The fourth-order valence-electron chi connectivity index (χ4n) is 1.66. The number of piperidine rings is 1. The van der Waals surface area contributed by atoms with Crippen molar-refractivity contribution >= 4 is 0 Å². The van der Waals surface area contributed by atoms with E-state index in [2.05, 4.69) is 23.8 Å². The van der Waals surface area contributed by atoms with Gasteiger partial charge in [-0.1, -0.05) is 12.3 Å². The van der Waals surface area contributed by atoms with Gasteiger partial charge in [0.25, 0.3) is 0 Å². The van der Waals surface area contributed by atoms with E-state index in [0.717, 1.165) is 6.42 Å². The van der Waals surface area contributed by atoms with Crippen molar-refractivity contribution in [1.82, 2.24) is 4.90 Å². The Bertz CT molecular complexity index is 178. The highest BCUT2D eigenvalue weighted by molar-refractivity contribution is 5.02. The lowest BCUT2D eigenvalue weighted by Gasteiger charge is -2.30. The van der Waals surface area contributed by atoms with Gasteiger partial charge in [-0.3, -0.25) is 0 Å². The van der Waals surface area contributed by atoms with E-state index in [1.807, 2.05) is 0 Å². The van der Waals surface area contributed by atoms with Gasteiger partial charge in [0.2, 0.25) is 0 Å². The van der Waals surface area contributed by atoms with E-state index < -0.39 is 0 Å². The molecule has 0 amide bonds. The summed E-state index contributed by atoms with van der Waals surface area (Å²) in [6.07, 6.45) is 5.00. The summed E-state index contributed by atoms with van der Waals surface area (Å²) in [4.78, 5) is 2.41. The average Bonchev–Trinajstić information content (AvgIpc) is 2.09. The molecule has 1 unspecified atom stereocenters. The van der Waals surface area contributed by atoms with E-state index in [0.29, 0.717) is 12.6 Å². The molecule has 1 saturated heterocycles. The summed E-state index contributed by atoms with van der Waals surface area (Å²) < 4.78 is 0. The van der Waals surface area contributed by atoms with Crippen molar-refractivity contribution in [2.75, 3.05) is 20.1 Å². The number of rotatable bonds is 1. The minimum atomic E-state index is 0.496. The van der Waals surface area contributed by atoms with E-state index >= 15 is 0 Å². The molecule has 0 saturated carbocycles. The lowest BCUT2D eigenvalue weighted by atomic mass is 10.0. The van der Waals surface area contributed by atoms with Gasteiger partial charge in [0, 0.05) is 12.5 Å². The standard InChI is InChI=1S/C10H18N2/c1-12-9-5-3-7-10(12)6-2-4-8-11/h10H,3,5-9,11H2,1H3. The molecule has 2 heteroatoms. The van der Waals surface area contributed by atoms with Crippen LogP contribution in [0.2, 0.25) is 0 Å².